The van der Waals surface area contributed by atoms with Gasteiger partial charge in [0.15, 0.2) is 0 Å². The lowest BCUT2D eigenvalue weighted by atomic mass is 10.2. The van der Waals surface area contributed by atoms with Crippen LogP contribution in [0.25, 0.3) is 0 Å². The highest BCUT2D eigenvalue weighted by atomic mass is 19.3. The van der Waals surface area contributed by atoms with Crippen molar-refractivity contribution in [3.05, 3.63) is 24.0 Å². The Bertz CT molecular complexity index is 335. The third-order valence-electron chi connectivity index (χ3n) is 1.85. The number of carbonyl (C=O) groups excluding carboxylic acids is 1. The molecule has 0 radical (unpaired) electrons. The van der Waals surface area contributed by atoms with Gasteiger partial charge in [-0.2, -0.15) is 10.2 Å². The molecule has 16 heavy (non-hydrogen) atoms. The summed E-state index contributed by atoms with van der Waals surface area (Å²) in [4.78, 5) is 12.6. The quantitative estimate of drug-likeness (QED) is 0.784. The summed E-state index contributed by atoms with van der Waals surface area (Å²) in [5.74, 6) is -0.593. The van der Waals surface area contributed by atoms with Gasteiger partial charge in [0.2, 0.25) is 0 Å². The van der Waals surface area contributed by atoms with Crippen molar-refractivity contribution < 1.29 is 18.7 Å². The van der Waals surface area contributed by atoms with Gasteiger partial charge in [0.05, 0.1) is 31.1 Å². The molecular formula is C9H11F2N3O2. The van der Waals surface area contributed by atoms with Crippen LogP contribution in [0, 0.1) is 0 Å². The van der Waals surface area contributed by atoms with Crippen molar-refractivity contribution in [2.45, 2.75) is 6.43 Å². The average molecular weight is 231 g/mol. The van der Waals surface area contributed by atoms with Crippen LogP contribution in [0.1, 0.15) is 10.4 Å². The van der Waals surface area contributed by atoms with Gasteiger partial charge in [0.25, 0.3) is 12.3 Å². The normalized spacial score (nSPS) is 10.5. The summed E-state index contributed by atoms with van der Waals surface area (Å²) in [6, 6.07) is 1.38. The third kappa shape index (κ3) is 3.50. The maximum absolute atomic E-state index is 12.2. The molecule has 0 spiro atoms. The number of aliphatic hydroxyl groups excluding tert-OH is 1. The van der Waals surface area contributed by atoms with E-state index in [4.69, 9.17) is 5.11 Å². The monoisotopic (exact) mass is 231 g/mol. The highest BCUT2D eigenvalue weighted by Crippen LogP contribution is 2.05. The first kappa shape index (κ1) is 12.4. The number of aromatic nitrogens is 2. The second-order valence-corrected chi connectivity index (χ2v) is 3.00. The lowest BCUT2D eigenvalue weighted by Gasteiger charge is -2.20. The summed E-state index contributed by atoms with van der Waals surface area (Å²) in [6.07, 6.45) is -0.143. The number of nitrogens with zero attached hydrogens (tertiary/aromatic N) is 3. The van der Waals surface area contributed by atoms with Crippen LogP contribution in [0.2, 0.25) is 0 Å². The Morgan fingerprint density at radius 3 is 2.75 bits per heavy atom. The Kier molecular flexibility index (Phi) is 4.71. The fourth-order valence-corrected chi connectivity index (χ4v) is 1.16. The summed E-state index contributed by atoms with van der Waals surface area (Å²) in [5, 5.41) is 15.6. The maximum atomic E-state index is 12.2. The number of hydrogen-bond acceptors (Lipinski definition) is 4. The van der Waals surface area contributed by atoms with E-state index in [0.717, 1.165) is 4.90 Å². The molecule has 5 nitrogen and oxygen atoms in total. The van der Waals surface area contributed by atoms with Gasteiger partial charge in [-0.1, -0.05) is 0 Å². The summed E-state index contributed by atoms with van der Waals surface area (Å²) < 4.78 is 24.4. The molecule has 0 saturated carbocycles. The second-order valence-electron chi connectivity index (χ2n) is 3.00. The number of amides is 1. The van der Waals surface area contributed by atoms with Gasteiger partial charge < -0.3 is 10.0 Å². The third-order valence-corrected chi connectivity index (χ3v) is 1.85. The molecule has 0 bridgehead atoms. The molecule has 88 valence electrons. The lowest BCUT2D eigenvalue weighted by molar-refractivity contribution is 0.0508. The first-order chi connectivity index (χ1) is 7.65. The Hall–Kier alpha value is -1.63. The molecule has 0 saturated heterocycles. The second kappa shape index (κ2) is 6.06. The van der Waals surface area contributed by atoms with Gasteiger partial charge >= 0.3 is 0 Å². The molecule has 0 aliphatic carbocycles. The highest BCUT2D eigenvalue weighted by Gasteiger charge is 2.19. The van der Waals surface area contributed by atoms with Crippen molar-refractivity contribution in [3.8, 4) is 0 Å². The van der Waals surface area contributed by atoms with E-state index in [2.05, 4.69) is 10.2 Å². The first-order valence-electron chi connectivity index (χ1n) is 4.60. The molecule has 1 N–H and O–H groups in total. The van der Waals surface area contributed by atoms with E-state index in [1.54, 1.807) is 0 Å². The number of hydrogen-bond donors (Lipinski definition) is 1. The SMILES string of the molecule is O=C(c1ccnnc1)N(CCO)CC(F)F. The smallest absolute Gasteiger partial charge is 0.255 e. The van der Waals surface area contributed by atoms with Crippen LogP contribution < -0.4 is 0 Å². The van der Waals surface area contributed by atoms with E-state index in [-0.39, 0.29) is 18.7 Å². The highest BCUT2D eigenvalue weighted by molar-refractivity contribution is 5.93. The summed E-state index contributed by atoms with van der Waals surface area (Å²) in [7, 11) is 0. The van der Waals surface area contributed by atoms with E-state index in [1.807, 2.05) is 0 Å². The molecule has 0 fully saturated rings. The first-order valence-corrected chi connectivity index (χ1v) is 4.60. The number of aliphatic hydroxyl groups is 1. The van der Waals surface area contributed by atoms with Crippen LogP contribution in [-0.2, 0) is 0 Å². The predicted octanol–water partition coefficient (Wildman–Crippen LogP) is 0.176. The van der Waals surface area contributed by atoms with Gasteiger partial charge in [0, 0.05) is 6.54 Å². The van der Waals surface area contributed by atoms with Crippen molar-refractivity contribution in [2.75, 3.05) is 19.7 Å². The molecule has 0 aliphatic rings. The van der Waals surface area contributed by atoms with Crippen LogP contribution in [-0.4, -0.2) is 52.2 Å². The van der Waals surface area contributed by atoms with Crippen LogP contribution in [0.15, 0.2) is 18.5 Å². The Labute approximate surface area is 90.7 Å². The zero-order valence-corrected chi connectivity index (χ0v) is 8.38. The van der Waals surface area contributed by atoms with E-state index < -0.39 is 18.9 Å². The molecule has 1 aromatic rings. The van der Waals surface area contributed by atoms with Crippen LogP contribution >= 0.6 is 0 Å². The predicted molar refractivity (Wildman–Crippen MR) is 51.0 cm³/mol. The van der Waals surface area contributed by atoms with E-state index in [9.17, 15) is 13.6 Å². The molecule has 0 unspecified atom stereocenters. The van der Waals surface area contributed by atoms with Gasteiger partial charge in [-0.25, -0.2) is 8.78 Å². The molecule has 1 amide bonds. The fourth-order valence-electron chi connectivity index (χ4n) is 1.16. The largest absolute Gasteiger partial charge is 0.395 e. The van der Waals surface area contributed by atoms with Crippen molar-refractivity contribution in [1.82, 2.24) is 15.1 Å². The van der Waals surface area contributed by atoms with Crippen LogP contribution in [0.5, 0.6) is 0 Å². The van der Waals surface area contributed by atoms with Crippen LogP contribution in [0.3, 0.4) is 0 Å². The minimum atomic E-state index is -2.63. The molecule has 1 heterocycles. The zero-order valence-electron chi connectivity index (χ0n) is 8.38. The topological polar surface area (TPSA) is 66.3 Å². The molecule has 7 heteroatoms. The Balaban J connectivity index is 2.74. The lowest BCUT2D eigenvalue weighted by Crippen LogP contribution is -2.37. The Morgan fingerprint density at radius 1 is 1.50 bits per heavy atom. The summed E-state index contributed by atoms with van der Waals surface area (Å²) >= 11 is 0. The van der Waals surface area contributed by atoms with Crippen molar-refractivity contribution in [3.63, 3.8) is 0 Å². The number of alkyl halides is 2. The van der Waals surface area contributed by atoms with E-state index in [1.165, 1.54) is 18.5 Å². The van der Waals surface area contributed by atoms with Crippen molar-refractivity contribution in [2.24, 2.45) is 0 Å². The average Bonchev–Trinajstić information content (AvgIpc) is 2.28. The van der Waals surface area contributed by atoms with Crippen molar-refractivity contribution >= 4 is 5.91 Å². The molecule has 0 atom stereocenters. The van der Waals surface area contributed by atoms with E-state index >= 15 is 0 Å². The summed E-state index contributed by atoms with van der Waals surface area (Å²) in [6.45, 7) is -1.20. The molecule has 0 aromatic carbocycles. The maximum Gasteiger partial charge on any atom is 0.255 e. The molecule has 1 rings (SSSR count). The summed E-state index contributed by atoms with van der Waals surface area (Å²) in [5.41, 5.74) is 0.170. The van der Waals surface area contributed by atoms with Crippen molar-refractivity contribution in [1.29, 1.82) is 0 Å². The zero-order chi connectivity index (χ0) is 12.0. The fraction of sp³-hybridized carbons (Fsp3) is 0.444. The minimum Gasteiger partial charge on any atom is -0.395 e. The number of halogens is 2. The standard InChI is InChI=1S/C9H11F2N3O2/c10-8(11)6-14(3-4-15)9(16)7-1-2-12-13-5-7/h1-2,5,8,15H,3-4,6H2. The van der Waals surface area contributed by atoms with Gasteiger partial charge in [-0.15, -0.1) is 0 Å². The van der Waals surface area contributed by atoms with Gasteiger partial charge in [0.1, 0.15) is 0 Å². The van der Waals surface area contributed by atoms with Gasteiger partial charge in [-0.05, 0) is 6.07 Å². The van der Waals surface area contributed by atoms with E-state index in [0.29, 0.717) is 0 Å². The minimum absolute atomic E-state index is 0.133. The number of rotatable bonds is 5. The molecule has 1 aromatic heterocycles. The molecular weight excluding hydrogens is 220 g/mol. The van der Waals surface area contributed by atoms with Gasteiger partial charge in [-0.3, -0.25) is 4.79 Å². The Morgan fingerprint density at radius 2 is 2.25 bits per heavy atom. The molecule has 0 aliphatic heterocycles. The van der Waals surface area contributed by atoms with Crippen LogP contribution in [0.4, 0.5) is 8.78 Å². The number of carbonyl (C=O) groups is 1.